The van der Waals surface area contributed by atoms with E-state index in [4.69, 9.17) is 4.52 Å². The molecule has 0 aliphatic rings. The van der Waals surface area contributed by atoms with Crippen molar-refractivity contribution in [1.29, 1.82) is 0 Å². The predicted octanol–water partition coefficient (Wildman–Crippen LogP) is 2.44. The summed E-state index contributed by atoms with van der Waals surface area (Å²) in [6.07, 6.45) is -0.891. The number of hydrogen-bond acceptors (Lipinski definition) is 4. The fourth-order valence-corrected chi connectivity index (χ4v) is 4.01. The summed E-state index contributed by atoms with van der Waals surface area (Å²) in [6, 6.07) is 15.1. The minimum atomic E-state index is -3.70. The zero-order chi connectivity index (χ0) is 16.2. The van der Waals surface area contributed by atoms with E-state index in [1.54, 1.807) is 36.4 Å². The summed E-state index contributed by atoms with van der Waals surface area (Å²) in [5.41, 5.74) is 0.970. The molecular formula is C15H18NO4PS. The molecule has 0 radical (unpaired) electrons. The summed E-state index contributed by atoms with van der Waals surface area (Å²) >= 11 is 0. The molecule has 0 saturated carbocycles. The van der Waals surface area contributed by atoms with Crippen molar-refractivity contribution in [3.8, 4) is 0 Å². The van der Waals surface area contributed by atoms with Gasteiger partial charge in [0.05, 0.1) is 4.90 Å². The van der Waals surface area contributed by atoms with Crippen LogP contribution in [-0.2, 0) is 19.1 Å². The van der Waals surface area contributed by atoms with Crippen molar-refractivity contribution in [3.05, 3.63) is 60.2 Å². The van der Waals surface area contributed by atoms with Crippen LogP contribution in [0, 0.1) is 6.92 Å². The van der Waals surface area contributed by atoms with Crippen molar-refractivity contribution >= 4 is 23.4 Å². The first-order chi connectivity index (χ1) is 10.4. The van der Waals surface area contributed by atoms with Crippen molar-refractivity contribution in [1.82, 2.24) is 4.72 Å². The van der Waals surface area contributed by atoms with E-state index in [1.807, 2.05) is 13.0 Å². The zero-order valence-corrected chi connectivity index (χ0v) is 14.1. The Labute approximate surface area is 131 Å². The van der Waals surface area contributed by atoms with Crippen LogP contribution in [0.5, 0.6) is 0 Å². The second-order valence-electron chi connectivity index (χ2n) is 4.85. The summed E-state index contributed by atoms with van der Waals surface area (Å²) in [5, 5.41) is 0.550. The van der Waals surface area contributed by atoms with E-state index in [1.165, 1.54) is 19.1 Å². The molecule has 22 heavy (non-hydrogen) atoms. The van der Waals surface area contributed by atoms with Gasteiger partial charge in [-0.1, -0.05) is 35.9 Å². The van der Waals surface area contributed by atoms with E-state index in [2.05, 4.69) is 4.72 Å². The van der Waals surface area contributed by atoms with Gasteiger partial charge >= 0.3 is 0 Å². The lowest BCUT2D eigenvalue weighted by molar-refractivity contribution is 0.227. The molecule has 0 heterocycles. The minimum absolute atomic E-state index is 0.146. The molecule has 2 rings (SSSR count). The molecule has 2 unspecified atom stereocenters. The van der Waals surface area contributed by atoms with Crippen LogP contribution in [-0.4, -0.2) is 14.6 Å². The Kier molecular flexibility index (Phi) is 5.53. The molecule has 0 aliphatic heterocycles. The fraction of sp³-hybridized carbons (Fsp3) is 0.200. The Morgan fingerprint density at radius 1 is 1.05 bits per heavy atom. The average Bonchev–Trinajstić information content (AvgIpc) is 2.48. The van der Waals surface area contributed by atoms with Gasteiger partial charge in [-0.3, -0.25) is 4.57 Å². The van der Waals surface area contributed by atoms with Gasteiger partial charge < -0.3 is 4.52 Å². The average molecular weight is 339 g/mol. The lowest BCUT2D eigenvalue weighted by Crippen LogP contribution is -2.33. The molecule has 1 N–H and O–H groups in total. The van der Waals surface area contributed by atoms with Gasteiger partial charge in [-0.2, -0.15) is 4.72 Å². The highest BCUT2D eigenvalue weighted by molar-refractivity contribution is 7.89. The van der Waals surface area contributed by atoms with Gasteiger partial charge in [0.1, 0.15) is 6.23 Å². The van der Waals surface area contributed by atoms with Crippen LogP contribution < -0.4 is 10.0 Å². The predicted molar refractivity (Wildman–Crippen MR) is 87.1 cm³/mol. The second kappa shape index (κ2) is 7.20. The molecule has 5 nitrogen and oxygen atoms in total. The van der Waals surface area contributed by atoms with Gasteiger partial charge in [-0.15, -0.1) is 0 Å². The van der Waals surface area contributed by atoms with Crippen LogP contribution in [0.15, 0.2) is 59.5 Å². The largest absolute Gasteiger partial charge is 0.307 e. The van der Waals surface area contributed by atoms with Crippen molar-refractivity contribution < 1.29 is 17.5 Å². The standard InChI is InChI=1S/C15H18NO4PS/c1-12-8-10-15(11-9-12)22(18,19)16-13(2)20-21(17)14-6-4-3-5-7-14/h3-11,13,16,21H,1-2H3. The van der Waals surface area contributed by atoms with Crippen LogP contribution in [0.1, 0.15) is 12.5 Å². The Bertz CT molecular complexity index is 745. The van der Waals surface area contributed by atoms with E-state index >= 15 is 0 Å². The molecule has 0 fully saturated rings. The molecule has 2 aromatic rings. The summed E-state index contributed by atoms with van der Waals surface area (Å²) < 4.78 is 44.1. The van der Waals surface area contributed by atoms with Gasteiger partial charge in [0, 0.05) is 5.30 Å². The number of aryl methyl sites for hydroxylation is 1. The van der Waals surface area contributed by atoms with Gasteiger partial charge in [0.25, 0.3) is 0 Å². The van der Waals surface area contributed by atoms with Crippen LogP contribution in [0.25, 0.3) is 0 Å². The summed E-state index contributed by atoms with van der Waals surface area (Å²) in [5.74, 6) is 0. The lowest BCUT2D eigenvalue weighted by atomic mass is 10.2. The van der Waals surface area contributed by atoms with Gasteiger partial charge in [0.2, 0.25) is 18.1 Å². The van der Waals surface area contributed by atoms with Crippen molar-refractivity contribution in [2.24, 2.45) is 0 Å². The second-order valence-corrected chi connectivity index (χ2v) is 7.95. The molecule has 0 saturated heterocycles. The highest BCUT2D eigenvalue weighted by Crippen LogP contribution is 2.23. The molecule has 0 spiro atoms. The van der Waals surface area contributed by atoms with Crippen LogP contribution in [0.4, 0.5) is 0 Å². The summed E-state index contributed by atoms with van der Waals surface area (Å²) in [4.78, 5) is 0.146. The van der Waals surface area contributed by atoms with E-state index in [0.717, 1.165) is 5.56 Å². The van der Waals surface area contributed by atoms with Crippen LogP contribution >= 0.6 is 8.03 Å². The van der Waals surface area contributed by atoms with Crippen LogP contribution in [0.2, 0.25) is 0 Å². The molecular weight excluding hydrogens is 321 g/mol. The number of nitrogens with one attached hydrogen (secondary N) is 1. The van der Waals surface area contributed by atoms with Gasteiger partial charge in [-0.05, 0) is 38.1 Å². The third-order valence-corrected chi connectivity index (χ3v) is 5.85. The molecule has 2 atom stereocenters. The summed E-state index contributed by atoms with van der Waals surface area (Å²) in [7, 11) is -6.20. The highest BCUT2D eigenvalue weighted by atomic mass is 32.2. The molecule has 118 valence electrons. The Hall–Kier alpha value is -1.46. The zero-order valence-electron chi connectivity index (χ0n) is 12.3. The molecule has 0 aliphatic carbocycles. The number of sulfonamides is 1. The smallest absolute Gasteiger partial charge is 0.242 e. The summed E-state index contributed by atoms with van der Waals surface area (Å²) in [6.45, 7) is 3.39. The number of benzene rings is 2. The lowest BCUT2D eigenvalue weighted by Gasteiger charge is -2.15. The topological polar surface area (TPSA) is 72.5 Å². The normalized spacial score (nSPS) is 14.5. The van der Waals surface area contributed by atoms with E-state index in [0.29, 0.717) is 5.30 Å². The van der Waals surface area contributed by atoms with Crippen molar-refractivity contribution in [3.63, 3.8) is 0 Å². The van der Waals surface area contributed by atoms with E-state index in [-0.39, 0.29) is 4.90 Å². The molecule has 7 heteroatoms. The van der Waals surface area contributed by atoms with Gasteiger partial charge in [-0.25, -0.2) is 8.42 Å². The van der Waals surface area contributed by atoms with Crippen molar-refractivity contribution in [2.75, 3.05) is 0 Å². The van der Waals surface area contributed by atoms with E-state index < -0.39 is 24.3 Å². The maximum Gasteiger partial charge on any atom is 0.242 e. The Morgan fingerprint density at radius 3 is 2.23 bits per heavy atom. The van der Waals surface area contributed by atoms with E-state index in [9.17, 15) is 13.0 Å². The Morgan fingerprint density at radius 2 is 1.64 bits per heavy atom. The monoisotopic (exact) mass is 339 g/mol. The van der Waals surface area contributed by atoms with Crippen molar-refractivity contribution in [2.45, 2.75) is 25.0 Å². The molecule has 0 amide bonds. The Balaban J connectivity index is 2.03. The molecule has 2 aromatic carbocycles. The van der Waals surface area contributed by atoms with Gasteiger partial charge in [0.15, 0.2) is 0 Å². The minimum Gasteiger partial charge on any atom is -0.307 e. The third kappa shape index (κ3) is 4.52. The molecule has 0 aromatic heterocycles. The first-order valence-corrected chi connectivity index (χ1v) is 9.53. The SMILES string of the molecule is Cc1ccc(S(=O)(=O)NC(C)O[PH](=O)c2ccccc2)cc1. The molecule has 0 bridgehead atoms. The first kappa shape index (κ1) is 16.9. The maximum absolute atomic E-state index is 12.2. The highest BCUT2D eigenvalue weighted by Gasteiger charge is 2.19. The maximum atomic E-state index is 12.2. The number of rotatable bonds is 6. The number of hydrogen-bond donors (Lipinski definition) is 1. The third-order valence-electron chi connectivity index (χ3n) is 2.95. The van der Waals surface area contributed by atoms with Crippen LogP contribution in [0.3, 0.4) is 0 Å². The fourth-order valence-electron chi connectivity index (χ4n) is 1.83. The first-order valence-electron chi connectivity index (χ1n) is 6.73. The quantitative estimate of drug-likeness (QED) is 0.648.